The van der Waals surface area contributed by atoms with Gasteiger partial charge in [-0.25, -0.2) is 9.78 Å². The minimum atomic E-state index is -0.996. The molecule has 0 radical (unpaired) electrons. The van der Waals surface area contributed by atoms with Crippen molar-refractivity contribution >= 4 is 29.0 Å². The highest BCUT2D eigenvalue weighted by molar-refractivity contribution is 7.09. The van der Waals surface area contributed by atoms with Gasteiger partial charge in [0.15, 0.2) is 6.04 Å². The van der Waals surface area contributed by atoms with E-state index in [2.05, 4.69) is 29.1 Å². The molecule has 8 heteroatoms. The van der Waals surface area contributed by atoms with Crippen LogP contribution in [0.15, 0.2) is 10.4 Å². The average molecular weight is 354 g/mol. The smallest absolute Gasteiger partial charge is 0.328 e. The molecule has 0 bridgehead atoms. The van der Waals surface area contributed by atoms with Crippen LogP contribution in [-0.4, -0.2) is 52.3 Å². The van der Waals surface area contributed by atoms with E-state index in [4.69, 9.17) is 0 Å². The molecule has 1 rings (SSSR count). The Hall–Kier alpha value is -1.96. The van der Waals surface area contributed by atoms with Crippen LogP contribution >= 0.6 is 11.3 Å². The van der Waals surface area contributed by atoms with Crippen molar-refractivity contribution < 1.29 is 14.7 Å². The monoisotopic (exact) mass is 354 g/mol. The molecule has 0 aliphatic heterocycles. The first-order valence-electron chi connectivity index (χ1n) is 7.87. The van der Waals surface area contributed by atoms with Crippen molar-refractivity contribution in [1.82, 2.24) is 15.2 Å². The molecule has 0 aromatic carbocycles. The number of aliphatic imine (C=N–C) groups is 1. The van der Waals surface area contributed by atoms with Crippen molar-refractivity contribution in [3.8, 4) is 0 Å². The Morgan fingerprint density at radius 2 is 2.08 bits per heavy atom. The molecular formula is C16H26N4O3S. The number of amidine groups is 1. The molecule has 1 aromatic heterocycles. The summed E-state index contributed by atoms with van der Waals surface area (Å²) in [6, 6.07) is -0.874. The summed E-state index contributed by atoms with van der Waals surface area (Å²) in [5.74, 6) is -0.149. The molecule has 2 N–H and O–H groups in total. The van der Waals surface area contributed by atoms with E-state index in [0.717, 1.165) is 10.7 Å². The molecule has 7 nitrogen and oxygen atoms in total. The standard InChI is InChI=1S/C16H26N4O3S/c1-10(2)15-19-13(9-24-15)8-20(5)11(3)18-14(16(22)23)6-7-17-12(4)21/h9-10,14H,6-8H2,1-5H3,(H,17,21)(H,22,23). The number of rotatable bonds is 8. The number of nitrogens with zero attached hydrogens (tertiary/aromatic N) is 3. The number of carboxylic acid groups (broad SMARTS) is 1. The molecule has 1 unspecified atom stereocenters. The van der Waals surface area contributed by atoms with Crippen molar-refractivity contribution in [2.45, 2.75) is 52.6 Å². The zero-order valence-corrected chi connectivity index (χ0v) is 15.7. The van der Waals surface area contributed by atoms with Crippen LogP contribution in [0.25, 0.3) is 0 Å². The number of hydrogen-bond donors (Lipinski definition) is 2. The lowest BCUT2D eigenvalue weighted by atomic mass is 10.2. The summed E-state index contributed by atoms with van der Waals surface area (Å²) < 4.78 is 0. The largest absolute Gasteiger partial charge is 0.480 e. The van der Waals surface area contributed by atoms with Gasteiger partial charge in [-0.15, -0.1) is 11.3 Å². The molecule has 0 aliphatic rings. The molecule has 1 aromatic rings. The number of aliphatic carboxylic acids is 1. The van der Waals surface area contributed by atoms with Crippen molar-refractivity contribution in [3.05, 3.63) is 16.1 Å². The minimum absolute atomic E-state index is 0.179. The molecule has 0 fully saturated rings. The Labute approximate surface area is 146 Å². The maximum absolute atomic E-state index is 11.3. The molecule has 1 atom stereocenters. The molecule has 1 amide bonds. The number of carbonyl (C=O) groups excluding carboxylic acids is 1. The van der Waals surface area contributed by atoms with Gasteiger partial charge in [0.2, 0.25) is 5.91 Å². The number of thiazole rings is 1. The highest BCUT2D eigenvalue weighted by Gasteiger charge is 2.17. The average Bonchev–Trinajstić information content (AvgIpc) is 2.94. The summed E-state index contributed by atoms with van der Waals surface area (Å²) in [6.07, 6.45) is 0.258. The zero-order valence-electron chi connectivity index (χ0n) is 14.9. The maximum Gasteiger partial charge on any atom is 0.328 e. The van der Waals surface area contributed by atoms with Gasteiger partial charge in [-0.1, -0.05) is 13.8 Å². The minimum Gasteiger partial charge on any atom is -0.480 e. The number of carboxylic acids is 1. The Bertz CT molecular complexity index is 598. The van der Waals surface area contributed by atoms with E-state index in [0.29, 0.717) is 18.3 Å². The molecule has 0 aliphatic carbocycles. The van der Waals surface area contributed by atoms with Crippen molar-refractivity contribution in [1.29, 1.82) is 0 Å². The van der Waals surface area contributed by atoms with Gasteiger partial charge in [0.1, 0.15) is 0 Å². The van der Waals surface area contributed by atoms with E-state index < -0.39 is 12.0 Å². The first kappa shape index (κ1) is 20.1. The fourth-order valence-electron chi connectivity index (χ4n) is 1.97. The van der Waals surface area contributed by atoms with Crippen LogP contribution in [0.4, 0.5) is 0 Å². The lowest BCUT2D eigenvalue weighted by Crippen LogP contribution is -2.31. The number of hydrogen-bond acceptors (Lipinski definition) is 5. The molecule has 0 saturated heterocycles. The Morgan fingerprint density at radius 3 is 2.58 bits per heavy atom. The fraction of sp³-hybridized carbons (Fsp3) is 0.625. The van der Waals surface area contributed by atoms with Crippen molar-refractivity contribution in [2.75, 3.05) is 13.6 Å². The van der Waals surface area contributed by atoms with E-state index >= 15 is 0 Å². The molecule has 134 valence electrons. The Morgan fingerprint density at radius 1 is 1.42 bits per heavy atom. The van der Waals surface area contributed by atoms with Gasteiger partial charge in [0.05, 0.1) is 23.1 Å². The topological polar surface area (TPSA) is 94.9 Å². The van der Waals surface area contributed by atoms with Crippen molar-refractivity contribution in [2.24, 2.45) is 4.99 Å². The van der Waals surface area contributed by atoms with Crippen LogP contribution in [-0.2, 0) is 16.1 Å². The predicted molar refractivity (Wildman–Crippen MR) is 95.5 cm³/mol. The summed E-state index contributed by atoms with van der Waals surface area (Å²) in [5.41, 5.74) is 0.950. The summed E-state index contributed by atoms with van der Waals surface area (Å²) in [4.78, 5) is 32.9. The van der Waals surface area contributed by atoms with Crippen molar-refractivity contribution in [3.63, 3.8) is 0 Å². The quantitative estimate of drug-likeness (QED) is 0.551. The number of nitrogens with one attached hydrogen (secondary N) is 1. The van der Waals surface area contributed by atoms with E-state index in [1.54, 1.807) is 18.3 Å². The molecule has 0 spiro atoms. The normalized spacial score (nSPS) is 13.0. The third kappa shape index (κ3) is 6.66. The summed E-state index contributed by atoms with van der Waals surface area (Å²) in [5, 5.41) is 15.0. The van der Waals surface area contributed by atoms with Crippen LogP contribution in [0.5, 0.6) is 0 Å². The van der Waals surface area contributed by atoms with Crippen LogP contribution in [0, 0.1) is 0 Å². The highest BCUT2D eigenvalue weighted by Crippen LogP contribution is 2.19. The molecule has 1 heterocycles. The van der Waals surface area contributed by atoms with Crippen LogP contribution in [0.3, 0.4) is 0 Å². The summed E-state index contributed by atoms with van der Waals surface area (Å²) in [7, 11) is 1.86. The van der Waals surface area contributed by atoms with E-state index in [9.17, 15) is 14.7 Å². The second-order valence-electron chi connectivity index (χ2n) is 5.99. The van der Waals surface area contributed by atoms with Gasteiger partial charge in [-0.05, 0) is 13.3 Å². The molecular weight excluding hydrogens is 328 g/mol. The predicted octanol–water partition coefficient (Wildman–Crippen LogP) is 2.10. The van der Waals surface area contributed by atoms with Gasteiger partial charge in [-0.3, -0.25) is 9.79 Å². The van der Waals surface area contributed by atoms with Gasteiger partial charge in [0.25, 0.3) is 0 Å². The van der Waals surface area contributed by atoms with Gasteiger partial charge in [0, 0.05) is 31.8 Å². The second-order valence-corrected chi connectivity index (χ2v) is 6.88. The number of amides is 1. The SMILES string of the molecule is CC(=O)NCCC(N=C(C)N(C)Cc1csc(C(C)C)n1)C(=O)O. The Kier molecular flexibility index (Phi) is 7.84. The van der Waals surface area contributed by atoms with E-state index in [-0.39, 0.29) is 18.9 Å². The Balaban J connectivity index is 2.68. The third-order valence-corrected chi connectivity index (χ3v) is 4.63. The van der Waals surface area contributed by atoms with Gasteiger partial charge in [-0.2, -0.15) is 0 Å². The summed E-state index contributed by atoms with van der Waals surface area (Å²) >= 11 is 1.63. The lowest BCUT2D eigenvalue weighted by Gasteiger charge is -2.19. The zero-order chi connectivity index (χ0) is 18.3. The molecule has 0 saturated carbocycles. The van der Waals surface area contributed by atoms with Crippen LogP contribution in [0.1, 0.15) is 50.7 Å². The van der Waals surface area contributed by atoms with E-state index in [1.807, 2.05) is 17.3 Å². The first-order valence-corrected chi connectivity index (χ1v) is 8.75. The van der Waals surface area contributed by atoms with Crippen LogP contribution in [0.2, 0.25) is 0 Å². The number of aromatic nitrogens is 1. The van der Waals surface area contributed by atoms with E-state index in [1.165, 1.54) is 6.92 Å². The number of carbonyl (C=O) groups is 2. The van der Waals surface area contributed by atoms with Gasteiger partial charge >= 0.3 is 5.97 Å². The first-order chi connectivity index (χ1) is 11.2. The lowest BCUT2D eigenvalue weighted by molar-refractivity contribution is -0.138. The summed E-state index contributed by atoms with van der Waals surface area (Å²) in [6.45, 7) is 8.26. The third-order valence-electron chi connectivity index (χ3n) is 3.43. The van der Waals surface area contributed by atoms with Gasteiger partial charge < -0.3 is 15.3 Å². The fourth-order valence-corrected chi connectivity index (χ4v) is 2.80. The maximum atomic E-state index is 11.3. The second kappa shape index (κ2) is 9.36. The van der Waals surface area contributed by atoms with Crippen LogP contribution < -0.4 is 5.32 Å². The highest BCUT2D eigenvalue weighted by atomic mass is 32.1. The molecule has 24 heavy (non-hydrogen) atoms.